The molecule has 3 rings (SSSR count). The van der Waals surface area contributed by atoms with E-state index in [0.29, 0.717) is 15.4 Å². The maximum atomic E-state index is 13.0. The van der Waals surface area contributed by atoms with Crippen LogP contribution < -0.4 is 5.01 Å². The van der Waals surface area contributed by atoms with Crippen LogP contribution in [0.2, 0.25) is 5.02 Å². The summed E-state index contributed by atoms with van der Waals surface area (Å²) in [4.78, 5) is 44.1. The van der Waals surface area contributed by atoms with Crippen LogP contribution in [0.5, 0.6) is 0 Å². The van der Waals surface area contributed by atoms with Crippen molar-refractivity contribution in [2.45, 2.75) is 13.8 Å². The molecule has 3 amide bonds. The molecule has 0 aliphatic carbocycles. The quantitative estimate of drug-likeness (QED) is 0.443. The summed E-state index contributed by atoms with van der Waals surface area (Å²) in [5.41, 5.74) is 1.86. The molecule has 8 heteroatoms. The number of hydrogen-bond donors (Lipinski definition) is 0. The van der Waals surface area contributed by atoms with Gasteiger partial charge >= 0.3 is 173 Å². The first-order valence-corrected chi connectivity index (χ1v) is 10.5. The number of halogens is 1. The summed E-state index contributed by atoms with van der Waals surface area (Å²) in [5, 5.41) is 2.36. The fourth-order valence-corrected chi connectivity index (χ4v) is 4.50. The van der Waals surface area contributed by atoms with Gasteiger partial charge in [0.05, 0.1) is 0 Å². The van der Waals surface area contributed by atoms with Gasteiger partial charge in [0.1, 0.15) is 0 Å². The molecule has 0 unspecified atom stereocenters. The van der Waals surface area contributed by atoms with Gasteiger partial charge in [-0.2, -0.15) is 0 Å². The summed E-state index contributed by atoms with van der Waals surface area (Å²) >= 11 is 5.55. The molecule has 3 aromatic rings. The SMILES string of the molecule is CC(=O)N(C(=O)c1ccc(Cl)cc1)N(C(C)=O)c1nc(-c2ccccc2)c[se]1. The normalized spacial score (nSPS) is 10.4. The van der Waals surface area contributed by atoms with Crippen molar-refractivity contribution in [3.8, 4) is 11.3 Å². The predicted octanol–water partition coefficient (Wildman–Crippen LogP) is 3.42. The van der Waals surface area contributed by atoms with Gasteiger partial charge in [0.25, 0.3) is 0 Å². The van der Waals surface area contributed by atoms with Crippen molar-refractivity contribution in [2.75, 3.05) is 5.01 Å². The van der Waals surface area contributed by atoms with Crippen LogP contribution in [0.3, 0.4) is 0 Å². The Labute approximate surface area is 173 Å². The first-order valence-electron chi connectivity index (χ1n) is 8.30. The number of rotatable bonds is 3. The van der Waals surface area contributed by atoms with Gasteiger partial charge < -0.3 is 0 Å². The van der Waals surface area contributed by atoms with Gasteiger partial charge in [-0.05, 0) is 0 Å². The third-order valence-corrected chi connectivity index (χ3v) is 5.79. The van der Waals surface area contributed by atoms with E-state index in [-0.39, 0.29) is 20.1 Å². The monoisotopic (exact) mass is 461 g/mol. The fourth-order valence-electron chi connectivity index (χ4n) is 2.55. The Balaban J connectivity index is 2.00. The third kappa shape index (κ3) is 4.22. The average Bonchev–Trinajstić information content (AvgIpc) is 3.15. The van der Waals surface area contributed by atoms with Gasteiger partial charge in [-0.1, -0.05) is 0 Å². The third-order valence-electron chi connectivity index (χ3n) is 3.82. The number of benzene rings is 2. The van der Waals surface area contributed by atoms with Crippen LogP contribution in [0.15, 0.2) is 59.5 Å². The van der Waals surface area contributed by atoms with E-state index in [2.05, 4.69) is 4.98 Å². The van der Waals surface area contributed by atoms with E-state index in [4.69, 9.17) is 11.6 Å². The molecule has 0 aliphatic heterocycles. The summed E-state index contributed by atoms with van der Waals surface area (Å²) in [5.74, 6) is -1.67. The molecule has 1 aromatic heterocycles. The minimum absolute atomic E-state index is 0.244. The average molecular weight is 461 g/mol. The van der Waals surface area contributed by atoms with Gasteiger partial charge in [-0.3, -0.25) is 0 Å². The van der Waals surface area contributed by atoms with Gasteiger partial charge in [-0.25, -0.2) is 0 Å². The van der Waals surface area contributed by atoms with E-state index < -0.39 is 17.7 Å². The van der Waals surface area contributed by atoms with Crippen LogP contribution in [-0.2, 0) is 9.59 Å². The second-order valence-corrected chi connectivity index (χ2v) is 8.05. The molecule has 0 fully saturated rings. The predicted molar refractivity (Wildman–Crippen MR) is 108 cm³/mol. The van der Waals surface area contributed by atoms with Crippen LogP contribution >= 0.6 is 11.6 Å². The molecule has 2 aromatic carbocycles. The van der Waals surface area contributed by atoms with Crippen molar-refractivity contribution in [3.63, 3.8) is 0 Å². The molecule has 0 saturated heterocycles. The summed E-state index contributed by atoms with van der Waals surface area (Å²) in [6, 6.07) is 15.6. The van der Waals surface area contributed by atoms with Gasteiger partial charge in [0, 0.05) is 0 Å². The molecule has 0 spiro atoms. The zero-order valence-electron chi connectivity index (χ0n) is 15.1. The molecule has 0 bridgehead atoms. The van der Waals surface area contributed by atoms with Crippen molar-refractivity contribution in [2.24, 2.45) is 0 Å². The number of hydrogen-bond acceptors (Lipinski definition) is 4. The molecule has 28 heavy (non-hydrogen) atoms. The molecule has 0 N–H and O–H groups in total. The number of amides is 3. The van der Waals surface area contributed by atoms with Gasteiger partial charge in [0.2, 0.25) is 0 Å². The van der Waals surface area contributed by atoms with Crippen molar-refractivity contribution in [1.29, 1.82) is 0 Å². The van der Waals surface area contributed by atoms with Crippen LogP contribution in [0.25, 0.3) is 11.3 Å². The Morgan fingerprint density at radius 2 is 1.57 bits per heavy atom. The number of imide groups is 1. The Hall–Kier alpha value is -2.73. The maximum absolute atomic E-state index is 13.0. The Kier molecular flexibility index (Phi) is 6.09. The molecular weight excluding hydrogens is 445 g/mol. The molecule has 0 saturated carbocycles. The number of carbonyl (C=O) groups is 3. The van der Waals surface area contributed by atoms with Crippen LogP contribution in [0, 0.1) is 0 Å². The zero-order valence-corrected chi connectivity index (χ0v) is 17.6. The molecule has 0 radical (unpaired) electrons. The molecular formula is C20H16ClN3O3Se. The topological polar surface area (TPSA) is 70.6 Å². The van der Waals surface area contributed by atoms with Crippen molar-refractivity contribution < 1.29 is 14.4 Å². The second kappa shape index (κ2) is 8.52. The molecule has 6 nitrogen and oxygen atoms in total. The Morgan fingerprint density at radius 1 is 0.929 bits per heavy atom. The number of hydrazine groups is 1. The van der Waals surface area contributed by atoms with Crippen LogP contribution in [0.1, 0.15) is 24.2 Å². The Morgan fingerprint density at radius 3 is 2.14 bits per heavy atom. The Bertz CT molecular complexity index is 1020. The first kappa shape index (κ1) is 20.0. The molecule has 0 atom stereocenters. The van der Waals surface area contributed by atoms with Crippen molar-refractivity contribution in [1.82, 2.24) is 9.99 Å². The van der Waals surface area contributed by atoms with Crippen molar-refractivity contribution >= 4 is 48.5 Å². The van der Waals surface area contributed by atoms with Crippen molar-refractivity contribution in [3.05, 3.63) is 70.1 Å². The number of anilines is 1. The molecule has 0 aliphatic rings. The summed E-state index contributed by atoms with van der Waals surface area (Å²) in [6.07, 6.45) is 0. The minimum atomic E-state index is -0.619. The van der Waals surface area contributed by atoms with E-state index in [0.717, 1.165) is 15.6 Å². The number of carbonyl (C=O) groups excluding carboxylic acids is 3. The second-order valence-electron chi connectivity index (χ2n) is 5.86. The van der Waals surface area contributed by atoms with Crippen LogP contribution in [0.4, 0.5) is 4.69 Å². The first-order chi connectivity index (χ1) is 13.4. The van der Waals surface area contributed by atoms with E-state index in [1.165, 1.54) is 26.0 Å². The molecule has 1 heterocycles. The van der Waals surface area contributed by atoms with Crippen LogP contribution in [-0.4, -0.2) is 42.2 Å². The standard InChI is InChI=1S/C20H16ClN3O3Se/c1-13(25)23(19(27)16-8-10-17(21)11-9-16)24(14(2)26)20-22-18(12-28-20)15-6-4-3-5-7-15/h3-12H,1-2H3. The van der Waals surface area contributed by atoms with E-state index in [9.17, 15) is 14.4 Å². The fraction of sp³-hybridized carbons (Fsp3) is 0.100. The number of nitrogens with zero attached hydrogens (tertiary/aromatic N) is 3. The van der Waals surface area contributed by atoms with Gasteiger partial charge in [0.15, 0.2) is 0 Å². The van der Waals surface area contributed by atoms with Gasteiger partial charge in [-0.15, -0.1) is 0 Å². The van der Waals surface area contributed by atoms with E-state index in [1.54, 1.807) is 12.1 Å². The summed E-state index contributed by atoms with van der Waals surface area (Å²) in [7, 11) is 0. The molecule has 142 valence electrons. The van der Waals surface area contributed by atoms with E-state index >= 15 is 0 Å². The van der Waals surface area contributed by atoms with E-state index in [1.807, 2.05) is 35.3 Å². The summed E-state index contributed by atoms with van der Waals surface area (Å²) < 4.78 is 0.372. The number of aromatic nitrogens is 1. The zero-order chi connectivity index (χ0) is 20.3. The summed E-state index contributed by atoms with van der Waals surface area (Å²) in [6.45, 7) is 2.53.